The molecule has 0 spiro atoms. The fourth-order valence-corrected chi connectivity index (χ4v) is 3.56. The van der Waals surface area contributed by atoms with E-state index in [1.807, 2.05) is 0 Å². The van der Waals surface area contributed by atoms with Crippen molar-refractivity contribution in [2.24, 2.45) is 0 Å². The van der Waals surface area contributed by atoms with Crippen molar-refractivity contribution in [1.82, 2.24) is 4.90 Å². The second kappa shape index (κ2) is 12.7. The Morgan fingerprint density at radius 3 is 1.81 bits per heavy atom. The summed E-state index contributed by atoms with van der Waals surface area (Å²) >= 11 is 1.67. The molecule has 0 aliphatic carbocycles. The molecule has 0 heterocycles. The van der Waals surface area contributed by atoms with Crippen molar-refractivity contribution in [3.05, 3.63) is 34.4 Å². The molecule has 2 amide bonds. The molecule has 0 atom stereocenters. The van der Waals surface area contributed by atoms with E-state index in [0.717, 1.165) is 41.2 Å². The van der Waals surface area contributed by atoms with E-state index in [-0.39, 0.29) is 12.2 Å². The van der Waals surface area contributed by atoms with E-state index >= 15 is 0 Å². The summed E-state index contributed by atoms with van der Waals surface area (Å²) < 4.78 is 10.7. The molecule has 9 heteroatoms. The monoisotopic (exact) mass is 468 g/mol. The Bertz CT molecular complexity index is 725. The second-order valence-electron chi connectivity index (χ2n) is 9.48. The number of unbranched alkanes of at least 4 members (excludes halogenated alkanes) is 4. The van der Waals surface area contributed by atoms with Crippen LogP contribution in [0.25, 0.3) is 0 Å². The third kappa shape index (κ3) is 11.9. The number of carbonyl (C=O) groups excluding carboxylic acids is 2. The first-order valence-corrected chi connectivity index (χ1v) is 11.9. The van der Waals surface area contributed by atoms with Gasteiger partial charge in [0.2, 0.25) is 0 Å². The number of imide groups is 1. The molecule has 1 rings (SSSR count). The van der Waals surface area contributed by atoms with Crippen LogP contribution in [0, 0.1) is 10.1 Å². The van der Waals surface area contributed by atoms with Crippen molar-refractivity contribution in [3.63, 3.8) is 0 Å². The maximum absolute atomic E-state index is 12.4. The van der Waals surface area contributed by atoms with Crippen molar-refractivity contribution >= 4 is 29.6 Å². The van der Waals surface area contributed by atoms with E-state index in [0.29, 0.717) is 6.42 Å². The predicted molar refractivity (Wildman–Crippen MR) is 126 cm³/mol. The van der Waals surface area contributed by atoms with E-state index in [2.05, 4.69) is 0 Å². The van der Waals surface area contributed by atoms with Gasteiger partial charge in [-0.25, -0.2) is 14.5 Å². The van der Waals surface area contributed by atoms with Crippen LogP contribution in [0.5, 0.6) is 0 Å². The van der Waals surface area contributed by atoms with Crippen LogP contribution >= 0.6 is 11.8 Å². The number of non-ortho nitro benzene ring substituents is 1. The highest BCUT2D eigenvalue weighted by molar-refractivity contribution is 7.99. The smallest absolute Gasteiger partial charge is 0.419 e. The van der Waals surface area contributed by atoms with E-state index in [1.165, 1.54) is 12.1 Å². The van der Waals surface area contributed by atoms with Crippen LogP contribution in [0.3, 0.4) is 0 Å². The normalized spacial score (nSPS) is 11.7. The number of hydrogen-bond acceptors (Lipinski definition) is 7. The SMILES string of the molecule is CC(C)(C)OC(=O)N(CCCCCCCSc1ccc([N+](=O)[O-])cc1)C(=O)OC(C)(C)C. The van der Waals surface area contributed by atoms with Gasteiger partial charge in [0.15, 0.2) is 0 Å². The van der Waals surface area contributed by atoms with Gasteiger partial charge in [0.25, 0.3) is 5.69 Å². The number of amides is 2. The van der Waals surface area contributed by atoms with Gasteiger partial charge in [0.05, 0.1) is 4.92 Å². The first kappa shape index (κ1) is 27.7. The molecular formula is C23H36N2O6S. The molecule has 0 radical (unpaired) electrons. The highest BCUT2D eigenvalue weighted by Gasteiger charge is 2.30. The number of carbonyl (C=O) groups is 2. The van der Waals surface area contributed by atoms with E-state index in [9.17, 15) is 19.7 Å². The molecule has 0 aliphatic rings. The Kier molecular flexibility index (Phi) is 11.0. The molecular weight excluding hydrogens is 432 g/mol. The van der Waals surface area contributed by atoms with Gasteiger partial charge in [0, 0.05) is 23.6 Å². The number of thioether (sulfide) groups is 1. The molecule has 0 aliphatic heterocycles. The maximum Gasteiger partial charge on any atom is 0.419 e. The lowest BCUT2D eigenvalue weighted by Crippen LogP contribution is -2.44. The first-order chi connectivity index (χ1) is 14.8. The number of benzene rings is 1. The minimum absolute atomic E-state index is 0.0983. The Morgan fingerprint density at radius 1 is 0.875 bits per heavy atom. The van der Waals surface area contributed by atoms with Gasteiger partial charge in [-0.1, -0.05) is 19.3 Å². The minimum Gasteiger partial charge on any atom is -0.443 e. The Balaban J connectivity index is 2.35. The summed E-state index contributed by atoms with van der Waals surface area (Å²) in [6.07, 6.45) is 3.20. The standard InChI is InChI=1S/C23H36N2O6S/c1-22(2,3)30-20(26)24(21(27)31-23(4,5)6)16-10-8-7-9-11-17-32-19-14-12-18(13-15-19)25(28)29/h12-15H,7-11,16-17H2,1-6H3. The largest absolute Gasteiger partial charge is 0.443 e. The average molecular weight is 469 g/mol. The van der Waals surface area contributed by atoms with Crippen LogP contribution in [0.4, 0.5) is 15.3 Å². The molecule has 0 aromatic heterocycles. The van der Waals surface area contributed by atoms with Crippen molar-refractivity contribution in [3.8, 4) is 0 Å². The fraction of sp³-hybridized carbons (Fsp3) is 0.652. The third-order valence-corrected chi connectivity index (χ3v) is 5.17. The number of nitro groups is 1. The van der Waals surface area contributed by atoms with Crippen LogP contribution in [0.1, 0.15) is 73.6 Å². The van der Waals surface area contributed by atoms with Crippen LogP contribution in [0.15, 0.2) is 29.2 Å². The molecule has 0 unspecified atom stereocenters. The molecule has 0 bridgehead atoms. The van der Waals surface area contributed by atoms with Crippen LogP contribution in [-0.2, 0) is 9.47 Å². The molecule has 0 fully saturated rings. The van der Waals surface area contributed by atoms with E-state index in [1.54, 1.807) is 65.4 Å². The van der Waals surface area contributed by atoms with Crippen LogP contribution < -0.4 is 0 Å². The lowest BCUT2D eigenvalue weighted by Gasteiger charge is -2.28. The number of nitrogens with zero attached hydrogens (tertiary/aromatic N) is 2. The topological polar surface area (TPSA) is 99.0 Å². The van der Waals surface area contributed by atoms with E-state index < -0.39 is 28.3 Å². The molecule has 8 nitrogen and oxygen atoms in total. The average Bonchev–Trinajstić information content (AvgIpc) is 2.64. The molecule has 0 saturated carbocycles. The molecule has 32 heavy (non-hydrogen) atoms. The van der Waals surface area contributed by atoms with E-state index in [4.69, 9.17) is 9.47 Å². The molecule has 1 aromatic carbocycles. The summed E-state index contributed by atoms with van der Waals surface area (Å²) in [6, 6.07) is 6.57. The summed E-state index contributed by atoms with van der Waals surface area (Å²) in [7, 11) is 0. The number of nitro benzene ring substituents is 1. The Hall–Kier alpha value is -2.29. The number of rotatable bonds is 10. The third-order valence-electron chi connectivity index (χ3n) is 4.07. The molecule has 1 aromatic rings. The van der Waals surface area contributed by atoms with Gasteiger partial charge >= 0.3 is 12.2 Å². The maximum atomic E-state index is 12.4. The lowest BCUT2D eigenvalue weighted by atomic mass is 10.1. The summed E-state index contributed by atoms with van der Waals surface area (Å²) in [5.41, 5.74) is -1.29. The zero-order valence-corrected chi connectivity index (χ0v) is 20.8. The van der Waals surface area contributed by atoms with Gasteiger partial charge in [-0.15, -0.1) is 11.8 Å². The van der Waals surface area contributed by atoms with Gasteiger partial charge in [0.1, 0.15) is 11.2 Å². The van der Waals surface area contributed by atoms with Gasteiger partial charge in [-0.3, -0.25) is 10.1 Å². The predicted octanol–water partition coefficient (Wildman–Crippen LogP) is 6.81. The molecule has 180 valence electrons. The zero-order valence-electron chi connectivity index (χ0n) is 20.0. The quantitative estimate of drug-likeness (QED) is 0.161. The second-order valence-corrected chi connectivity index (χ2v) is 10.6. The van der Waals surface area contributed by atoms with Crippen molar-refractivity contribution < 1.29 is 24.0 Å². The zero-order chi connectivity index (χ0) is 24.4. The molecule has 0 saturated heterocycles. The number of hydrogen-bond donors (Lipinski definition) is 0. The highest BCUT2D eigenvalue weighted by Crippen LogP contribution is 2.23. The first-order valence-electron chi connectivity index (χ1n) is 10.9. The van der Waals surface area contributed by atoms with Crippen molar-refractivity contribution in [1.29, 1.82) is 0 Å². The molecule has 0 N–H and O–H groups in total. The minimum atomic E-state index is -0.696. The summed E-state index contributed by atoms with van der Waals surface area (Å²) in [5.74, 6) is 0.930. The summed E-state index contributed by atoms with van der Waals surface area (Å²) in [6.45, 7) is 10.8. The summed E-state index contributed by atoms with van der Waals surface area (Å²) in [5, 5.41) is 10.7. The van der Waals surface area contributed by atoms with Gasteiger partial charge < -0.3 is 9.47 Å². The van der Waals surface area contributed by atoms with Crippen molar-refractivity contribution in [2.75, 3.05) is 12.3 Å². The Morgan fingerprint density at radius 2 is 1.34 bits per heavy atom. The van der Waals surface area contributed by atoms with Crippen LogP contribution in [0.2, 0.25) is 0 Å². The van der Waals surface area contributed by atoms with Crippen molar-refractivity contribution in [2.45, 2.75) is 89.7 Å². The fourth-order valence-electron chi connectivity index (χ4n) is 2.65. The number of ether oxygens (including phenoxy) is 2. The Labute approximate surface area is 195 Å². The highest BCUT2D eigenvalue weighted by atomic mass is 32.2. The van der Waals surface area contributed by atoms with Gasteiger partial charge in [-0.05, 0) is 72.3 Å². The lowest BCUT2D eigenvalue weighted by molar-refractivity contribution is -0.384. The summed E-state index contributed by atoms with van der Waals surface area (Å²) in [4.78, 5) is 37.2. The van der Waals surface area contributed by atoms with Crippen LogP contribution in [-0.4, -0.2) is 45.5 Å². The van der Waals surface area contributed by atoms with Gasteiger partial charge in [-0.2, -0.15) is 0 Å².